The van der Waals surface area contributed by atoms with Gasteiger partial charge in [0.1, 0.15) is 5.82 Å². The molecule has 1 aromatic carbocycles. The third-order valence-electron chi connectivity index (χ3n) is 3.87. The maximum atomic E-state index is 13.3. The molecule has 2 unspecified atom stereocenters. The number of nitrogens with one attached hydrogen (secondary N) is 2. The summed E-state index contributed by atoms with van der Waals surface area (Å²) in [5, 5.41) is 15.8. The van der Waals surface area contributed by atoms with Crippen LogP contribution in [0.5, 0.6) is 0 Å². The van der Waals surface area contributed by atoms with E-state index in [2.05, 4.69) is 10.6 Å². The Bertz CT molecular complexity index is 482. The summed E-state index contributed by atoms with van der Waals surface area (Å²) < 4.78 is 13.3. The van der Waals surface area contributed by atoms with Crippen molar-refractivity contribution in [2.75, 3.05) is 5.32 Å². The summed E-state index contributed by atoms with van der Waals surface area (Å²) in [6.07, 6.45) is 4.65. The Kier molecular flexibility index (Phi) is 2.92. The van der Waals surface area contributed by atoms with Crippen LogP contribution in [0.2, 0.25) is 0 Å². The summed E-state index contributed by atoms with van der Waals surface area (Å²) >= 11 is 0. The Balaban J connectivity index is 1.73. The van der Waals surface area contributed by atoms with E-state index in [0.717, 1.165) is 18.5 Å². The van der Waals surface area contributed by atoms with Gasteiger partial charge in [-0.3, -0.25) is 0 Å². The lowest BCUT2D eigenvalue weighted by Gasteiger charge is -2.30. The number of fused-ring (bicyclic) bond motifs is 2. The molecule has 0 spiro atoms. The lowest BCUT2D eigenvalue weighted by Crippen LogP contribution is -2.43. The van der Waals surface area contributed by atoms with E-state index in [0.29, 0.717) is 23.7 Å². The Morgan fingerprint density at radius 2 is 1.94 bits per heavy atom. The van der Waals surface area contributed by atoms with Gasteiger partial charge in [-0.25, -0.2) is 4.39 Å². The van der Waals surface area contributed by atoms with Crippen LogP contribution in [-0.4, -0.2) is 18.1 Å². The van der Waals surface area contributed by atoms with Crippen LogP contribution in [0.1, 0.15) is 31.2 Å². The normalized spacial score (nSPS) is 29.9. The molecule has 1 aromatic rings. The molecule has 94 valence electrons. The molecule has 2 fully saturated rings. The Hall–Kier alpha value is -1.60. The summed E-state index contributed by atoms with van der Waals surface area (Å²) in [7, 11) is 0. The van der Waals surface area contributed by atoms with E-state index in [9.17, 15) is 4.39 Å². The monoisotopic (exact) mass is 245 g/mol. The maximum Gasteiger partial charge on any atom is 0.126 e. The molecular weight excluding hydrogens is 229 g/mol. The van der Waals surface area contributed by atoms with E-state index < -0.39 is 0 Å². The highest BCUT2D eigenvalue weighted by Crippen LogP contribution is 2.29. The number of rotatable bonds is 2. The van der Waals surface area contributed by atoms with Gasteiger partial charge in [0.05, 0.1) is 11.6 Å². The van der Waals surface area contributed by atoms with Crippen molar-refractivity contribution in [2.24, 2.45) is 0 Å². The molecule has 0 amide bonds. The van der Waals surface area contributed by atoms with Crippen molar-refractivity contribution in [2.45, 2.75) is 43.8 Å². The smallest absolute Gasteiger partial charge is 0.126 e. The summed E-state index contributed by atoms with van der Waals surface area (Å²) in [6.45, 7) is 0. The first-order valence-corrected chi connectivity index (χ1v) is 6.46. The van der Waals surface area contributed by atoms with Gasteiger partial charge in [-0.1, -0.05) is 0 Å². The fourth-order valence-electron chi connectivity index (χ4n) is 3.15. The van der Waals surface area contributed by atoms with Crippen LogP contribution in [0.25, 0.3) is 0 Å². The topological polar surface area (TPSA) is 47.9 Å². The number of piperidine rings is 1. The molecule has 2 heterocycles. The van der Waals surface area contributed by atoms with E-state index >= 15 is 0 Å². The number of nitrogens with zero attached hydrogens (tertiary/aromatic N) is 1. The van der Waals surface area contributed by atoms with Crippen molar-refractivity contribution in [1.29, 1.82) is 5.26 Å². The predicted molar refractivity (Wildman–Crippen MR) is 67.7 cm³/mol. The molecule has 3 nitrogen and oxygen atoms in total. The van der Waals surface area contributed by atoms with E-state index in [1.165, 1.54) is 25.0 Å². The van der Waals surface area contributed by atoms with Gasteiger partial charge < -0.3 is 10.6 Å². The molecule has 4 heteroatoms. The zero-order valence-electron chi connectivity index (χ0n) is 10.1. The Labute approximate surface area is 106 Å². The molecule has 2 aliphatic heterocycles. The quantitative estimate of drug-likeness (QED) is 0.841. The van der Waals surface area contributed by atoms with Crippen molar-refractivity contribution in [3.63, 3.8) is 0 Å². The first-order valence-electron chi connectivity index (χ1n) is 6.46. The third kappa shape index (κ3) is 2.32. The zero-order chi connectivity index (χ0) is 12.5. The number of halogens is 1. The molecule has 2 N–H and O–H groups in total. The van der Waals surface area contributed by atoms with Gasteiger partial charge in [0.25, 0.3) is 0 Å². The van der Waals surface area contributed by atoms with Gasteiger partial charge in [-0.15, -0.1) is 0 Å². The van der Waals surface area contributed by atoms with Gasteiger partial charge in [0.15, 0.2) is 0 Å². The highest BCUT2D eigenvalue weighted by atomic mass is 19.1. The molecule has 0 saturated carbocycles. The van der Waals surface area contributed by atoms with Gasteiger partial charge in [-0.2, -0.15) is 5.26 Å². The number of hydrogen-bond donors (Lipinski definition) is 2. The molecular formula is C14H16FN3. The van der Waals surface area contributed by atoms with Crippen LogP contribution < -0.4 is 10.6 Å². The molecule has 2 atom stereocenters. The fourth-order valence-corrected chi connectivity index (χ4v) is 3.15. The molecule has 0 radical (unpaired) electrons. The number of anilines is 1. The van der Waals surface area contributed by atoms with Crippen molar-refractivity contribution in [3.05, 3.63) is 29.6 Å². The van der Waals surface area contributed by atoms with Crippen LogP contribution in [0.3, 0.4) is 0 Å². The second kappa shape index (κ2) is 4.58. The Morgan fingerprint density at radius 3 is 2.61 bits per heavy atom. The summed E-state index contributed by atoms with van der Waals surface area (Å²) in [6, 6.07) is 8.01. The van der Waals surface area contributed by atoms with Crippen LogP contribution in [0.15, 0.2) is 18.2 Å². The van der Waals surface area contributed by atoms with Crippen LogP contribution in [0.4, 0.5) is 10.1 Å². The zero-order valence-corrected chi connectivity index (χ0v) is 10.1. The summed E-state index contributed by atoms with van der Waals surface area (Å²) in [5.74, 6) is -0.353. The summed E-state index contributed by atoms with van der Waals surface area (Å²) in [5.41, 5.74) is 1.09. The van der Waals surface area contributed by atoms with Gasteiger partial charge in [-0.05, 0) is 43.9 Å². The minimum atomic E-state index is -0.353. The van der Waals surface area contributed by atoms with E-state index in [1.54, 1.807) is 6.07 Å². The predicted octanol–water partition coefficient (Wildman–Crippen LogP) is 2.39. The highest BCUT2D eigenvalue weighted by molar-refractivity contribution is 5.50. The molecule has 0 aliphatic carbocycles. The minimum Gasteiger partial charge on any atom is -0.382 e. The largest absolute Gasteiger partial charge is 0.382 e. The van der Waals surface area contributed by atoms with Crippen LogP contribution in [0, 0.1) is 17.1 Å². The van der Waals surface area contributed by atoms with Crippen molar-refractivity contribution < 1.29 is 4.39 Å². The van der Waals surface area contributed by atoms with E-state index in [4.69, 9.17) is 5.26 Å². The van der Waals surface area contributed by atoms with E-state index in [-0.39, 0.29) is 5.82 Å². The third-order valence-corrected chi connectivity index (χ3v) is 3.87. The first-order chi connectivity index (χ1) is 8.72. The lowest BCUT2D eigenvalue weighted by atomic mass is 9.99. The molecule has 2 bridgehead atoms. The second-order valence-corrected chi connectivity index (χ2v) is 5.29. The second-order valence-electron chi connectivity index (χ2n) is 5.29. The average molecular weight is 245 g/mol. The van der Waals surface area contributed by atoms with Gasteiger partial charge in [0, 0.05) is 23.8 Å². The maximum absolute atomic E-state index is 13.3. The van der Waals surface area contributed by atoms with Gasteiger partial charge in [0.2, 0.25) is 0 Å². The highest BCUT2D eigenvalue weighted by Gasteiger charge is 2.33. The molecule has 3 rings (SSSR count). The standard InChI is InChI=1S/C14H16FN3/c15-10-3-9(8-16)4-13(5-10)18-14-6-11-1-2-12(7-14)17-11/h3-5,11-12,14,17-18H,1-2,6-7H2. The van der Waals surface area contributed by atoms with Crippen LogP contribution in [-0.2, 0) is 0 Å². The van der Waals surface area contributed by atoms with Crippen molar-refractivity contribution in [3.8, 4) is 6.07 Å². The number of nitriles is 1. The Morgan fingerprint density at radius 1 is 1.22 bits per heavy atom. The molecule has 2 aliphatic rings. The number of hydrogen-bond acceptors (Lipinski definition) is 3. The lowest BCUT2D eigenvalue weighted by molar-refractivity contribution is 0.378. The molecule has 2 saturated heterocycles. The van der Waals surface area contributed by atoms with Crippen molar-refractivity contribution in [1.82, 2.24) is 5.32 Å². The first kappa shape index (κ1) is 11.5. The van der Waals surface area contributed by atoms with Crippen LogP contribution >= 0.6 is 0 Å². The SMILES string of the molecule is N#Cc1cc(F)cc(NC2CC3CCC(C2)N3)c1. The molecule has 0 aromatic heterocycles. The molecule has 18 heavy (non-hydrogen) atoms. The number of benzene rings is 1. The average Bonchev–Trinajstić information content (AvgIpc) is 2.68. The fraction of sp³-hybridized carbons (Fsp3) is 0.500. The van der Waals surface area contributed by atoms with Crippen molar-refractivity contribution >= 4 is 5.69 Å². The minimum absolute atomic E-state index is 0.353. The summed E-state index contributed by atoms with van der Waals surface area (Å²) in [4.78, 5) is 0. The van der Waals surface area contributed by atoms with Gasteiger partial charge >= 0.3 is 0 Å². The van der Waals surface area contributed by atoms with E-state index in [1.807, 2.05) is 6.07 Å².